The summed E-state index contributed by atoms with van der Waals surface area (Å²) < 4.78 is 22.9. The van der Waals surface area contributed by atoms with E-state index in [9.17, 15) is 9.59 Å². The minimum Gasteiger partial charge on any atom is -0.497 e. The third-order valence-electron chi connectivity index (χ3n) is 7.57. The number of benzene rings is 1. The second-order valence-corrected chi connectivity index (χ2v) is 9.47. The van der Waals surface area contributed by atoms with Crippen LogP contribution in [0.5, 0.6) is 11.5 Å². The van der Waals surface area contributed by atoms with Gasteiger partial charge in [0.05, 0.1) is 45.0 Å². The Hall–Kier alpha value is -2.58. The van der Waals surface area contributed by atoms with Gasteiger partial charge in [0.2, 0.25) is 0 Å². The van der Waals surface area contributed by atoms with Crippen molar-refractivity contribution >= 4 is 11.7 Å². The lowest BCUT2D eigenvalue weighted by Gasteiger charge is -2.35. The molecule has 8 nitrogen and oxygen atoms in total. The molecule has 2 fully saturated rings. The number of carbonyl (C=O) groups excluding carboxylic acids is 2. The Balaban J connectivity index is 1.48. The van der Waals surface area contributed by atoms with E-state index >= 15 is 0 Å². The maximum Gasteiger partial charge on any atom is 0.290 e. The zero-order valence-electron chi connectivity index (χ0n) is 20.1. The molecule has 184 valence electrons. The molecule has 0 aromatic heterocycles. The maximum absolute atomic E-state index is 13.8. The SMILES string of the molecule is COc1ccc(OC)c(C2C3=C(OC4CCCCC4C3=O)C(=O)N2CCCN2CCOCC2)c1. The van der Waals surface area contributed by atoms with Crippen LogP contribution in [-0.2, 0) is 19.1 Å². The van der Waals surface area contributed by atoms with Gasteiger partial charge in [-0.05, 0) is 43.9 Å². The Morgan fingerprint density at radius 2 is 1.82 bits per heavy atom. The van der Waals surface area contributed by atoms with Crippen LogP contribution >= 0.6 is 0 Å². The third kappa shape index (κ3) is 4.18. The van der Waals surface area contributed by atoms with Gasteiger partial charge in [-0.15, -0.1) is 0 Å². The molecule has 5 rings (SSSR count). The Labute approximate surface area is 200 Å². The van der Waals surface area contributed by atoms with Crippen molar-refractivity contribution in [2.75, 3.05) is 53.6 Å². The quantitative estimate of drug-likeness (QED) is 0.606. The van der Waals surface area contributed by atoms with Crippen LogP contribution in [0.3, 0.4) is 0 Å². The molecule has 1 aromatic rings. The van der Waals surface area contributed by atoms with E-state index in [4.69, 9.17) is 18.9 Å². The number of ether oxygens (including phenoxy) is 4. The number of ketones is 1. The fourth-order valence-corrected chi connectivity index (χ4v) is 5.79. The molecular weight excluding hydrogens is 436 g/mol. The second-order valence-electron chi connectivity index (χ2n) is 9.47. The van der Waals surface area contributed by atoms with E-state index in [2.05, 4.69) is 4.90 Å². The van der Waals surface area contributed by atoms with Crippen molar-refractivity contribution in [2.24, 2.45) is 5.92 Å². The van der Waals surface area contributed by atoms with E-state index < -0.39 is 6.04 Å². The van der Waals surface area contributed by atoms with E-state index in [1.165, 1.54) is 0 Å². The molecule has 4 aliphatic rings. The number of nitrogens with zero attached hydrogens (tertiary/aromatic N) is 2. The van der Waals surface area contributed by atoms with Gasteiger partial charge in [0, 0.05) is 31.7 Å². The molecule has 0 spiro atoms. The first-order valence-electron chi connectivity index (χ1n) is 12.4. The topological polar surface area (TPSA) is 77.5 Å². The molecule has 3 heterocycles. The van der Waals surface area contributed by atoms with Crippen LogP contribution in [0.1, 0.15) is 43.7 Å². The minimum absolute atomic E-state index is 0.0600. The number of hydrogen-bond acceptors (Lipinski definition) is 7. The van der Waals surface area contributed by atoms with E-state index in [-0.39, 0.29) is 29.5 Å². The molecule has 1 aromatic carbocycles. The summed E-state index contributed by atoms with van der Waals surface area (Å²) >= 11 is 0. The Bertz CT molecular complexity index is 970. The number of carbonyl (C=O) groups is 2. The Morgan fingerprint density at radius 1 is 1.03 bits per heavy atom. The van der Waals surface area contributed by atoms with E-state index in [1.807, 2.05) is 18.2 Å². The molecule has 3 aliphatic heterocycles. The predicted molar refractivity (Wildman–Crippen MR) is 125 cm³/mol. The predicted octanol–water partition coefficient (Wildman–Crippen LogP) is 2.72. The van der Waals surface area contributed by atoms with Gasteiger partial charge in [-0.2, -0.15) is 0 Å². The molecule has 3 atom stereocenters. The summed E-state index contributed by atoms with van der Waals surface area (Å²) in [5, 5.41) is 0. The van der Waals surface area contributed by atoms with Gasteiger partial charge < -0.3 is 23.8 Å². The van der Waals surface area contributed by atoms with E-state index in [1.54, 1.807) is 19.1 Å². The molecule has 8 heteroatoms. The van der Waals surface area contributed by atoms with Gasteiger partial charge in [-0.25, -0.2) is 0 Å². The zero-order valence-corrected chi connectivity index (χ0v) is 20.1. The number of fused-ring (bicyclic) bond motifs is 1. The number of amides is 1. The Morgan fingerprint density at radius 3 is 2.59 bits per heavy atom. The average molecular weight is 471 g/mol. The summed E-state index contributed by atoms with van der Waals surface area (Å²) in [6.45, 7) is 4.70. The van der Waals surface area contributed by atoms with Gasteiger partial charge in [0.1, 0.15) is 17.6 Å². The molecule has 0 bridgehead atoms. The van der Waals surface area contributed by atoms with Gasteiger partial charge >= 0.3 is 0 Å². The lowest BCUT2D eigenvalue weighted by molar-refractivity contribution is -0.135. The normalized spacial score (nSPS) is 27.4. The summed E-state index contributed by atoms with van der Waals surface area (Å²) in [6.07, 6.45) is 4.30. The molecule has 3 unspecified atom stereocenters. The van der Waals surface area contributed by atoms with Gasteiger partial charge in [-0.1, -0.05) is 6.42 Å². The fourth-order valence-electron chi connectivity index (χ4n) is 5.79. The highest BCUT2D eigenvalue weighted by Crippen LogP contribution is 2.49. The van der Waals surface area contributed by atoms with Crippen LogP contribution in [0.15, 0.2) is 29.5 Å². The number of morpholine rings is 1. The van der Waals surface area contributed by atoms with Crippen LogP contribution in [-0.4, -0.2) is 81.2 Å². The molecule has 1 amide bonds. The van der Waals surface area contributed by atoms with Crippen molar-refractivity contribution in [3.8, 4) is 11.5 Å². The summed E-state index contributed by atoms with van der Waals surface area (Å²) in [7, 11) is 3.22. The van der Waals surface area contributed by atoms with Crippen molar-refractivity contribution in [3.63, 3.8) is 0 Å². The summed E-state index contributed by atoms with van der Waals surface area (Å²) in [4.78, 5) is 31.6. The highest BCUT2D eigenvalue weighted by Gasteiger charge is 2.52. The van der Waals surface area contributed by atoms with Gasteiger partial charge in [0.25, 0.3) is 5.91 Å². The fraction of sp³-hybridized carbons (Fsp3) is 0.615. The van der Waals surface area contributed by atoms with Crippen LogP contribution in [0.25, 0.3) is 0 Å². The minimum atomic E-state index is -0.535. The largest absolute Gasteiger partial charge is 0.497 e. The monoisotopic (exact) mass is 470 g/mol. The first-order valence-corrected chi connectivity index (χ1v) is 12.4. The standard InChI is InChI=1S/C26H34N2O6/c1-31-17-8-9-20(32-2)19(16-17)23-22-24(29)18-6-3-4-7-21(18)34-25(22)26(30)28(23)11-5-10-27-12-14-33-15-13-27/h8-9,16,18,21,23H,3-7,10-15H2,1-2H3. The first-order chi connectivity index (χ1) is 16.6. The third-order valence-corrected chi connectivity index (χ3v) is 7.57. The van der Waals surface area contributed by atoms with Crippen molar-refractivity contribution < 1.29 is 28.5 Å². The van der Waals surface area contributed by atoms with Crippen molar-refractivity contribution in [1.82, 2.24) is 9.80 Å². The smallest absolute Gasteiger partial charge is 0.290 e. The summed E-state index contributed by atoms with van der Waals surface area (Å²) in [5.74, 6) is 1.23. The van der Waals surface area contributed by atoms with E-state index in [0.717, 1.165) is 70.5 Å². The van der Waals surface area contributed by atoms with E-state index in [0.29, 0.717) is 23.6 Å². The zero-order chi connectivity index (χ0) is 23.7. The molecular formula is C26H34N2O6. The lowest BCUT2D eigenvalue weighted by Crippen LogP contribution is -2.39. The van der Waals surface area contributed by atoms with Gasteiger partial charge in [0.15, 0.2) is 11.5 Å². The molecule has 1 saturated carbocycles. The average Bonchev–Trinajstić information content (AvgIpc) is 3.16. The second kappa shape index (κ2) is 9.96. The lowest BCUT2D eigenvalue weighted by atomic mass is 9.77. The number of methoxy groups -OCH3 is 2. The van der Waals surface area contributed by atoms with Crippen LogP contribution < -0.4 is 9.47 Å². The molecule has 1 saturated heterocycles. The Kier molecular flexibility index (Phi) is 6.79. The van der Waals surface area contributed by atoms with Crippen molar-refractivity contribution in [3.05, 3.63) is 35.1 Å². The molecule has 1 aliphatic carbocycles. The molecule has 0 radical (unpaired) electrons. The van der Waals surface area contributed by atoms with Crippen LogP contribution in [0.2, 0.25) is 0 Å². The summed E-state index contributed by atoms with van der Waals surface area (Å²) in [5.41, 5.74) is 1.25. The summed E-state index contributed by atoms with van der Waals surface area (Å²) in [6, 6.07) is 5.00. The number of rotatable bonds is 7. The number of Topliss-reactive ketones (excluding diaryl/α,β-unsaturated/α-hetero) is 1. The van der Waals surface area contributed by atoms with Crippen molar-refractivity contribution in [1.29, 1.82) is 0 Å². The number of hydrogen-bond donors (Lipinski definition) is 0. The highest BCUT2D eigenvalue weighted by molar-refractivity contribution is 6.11. The maximum atomic E-state index is 13.8. The molecule has 0 N–H and O–H groups in total. The first kappa shape index (κ1) is 23.2. The van der Waals surface area contributed by atoms with Crippen LogP contribution in [0.4, 0.5) is 0 Å². The highest BCUT2D eigenvalue weighted by atomic mass is 16.5. The van der Waals surface area contributed by atoms with Gasteiger partial charge in [-0.3, -0.25) is 14.5 Å². The van der Waals surface area contributed by atoms with Crippen LogP contribution in [0, 0.1) is 5.92 Å². The molecule has 34 heavy (non-hydrogen) atoms. The van der Waals surface area contributed by atoms with Crippen molar-refractivity contribution in [2.45, 2.75) is 44.2 Å².